The second kappa shape index (κ2) is 4.87. The number of amides is 2. The topological polar surface area (TPSA) is 66.4 Å². The first-order valence-corrected chi connectivity index (χ1v) is 3.75. The summed E-state index contributed by atoms with van der Waals surface area (Å²) in [4.78, 5) is 14.6. The molecular weight excluding hydrogens is 168 g/mol. The van der Waals surface area contributed by atoms with Crippen LogP contribution in [0, 0.1) is 0 Å². The molecule has 5 heteroatoms. The molecule has 1 aromatic rings. The van der Waals surface area contributed by atoms with Crippen LogP contribution in [0.4, 0.5) is 4.79 Å². The van der Waals surface area contributed by atoms with Crippen LogP contribution in [0.1, 0.15) is 5.69 Å². The number of carbonyl (C=O) groups is 1. The Morgan fingerprint density at radius 1 is 1.62 bits per heavy atom. The summed E-state index contributed by atoms with van der Waals surface area (Å²) in [7, 11) is 1.52. The molecule has 2 N–H and O–H groups in total. The molecule has 0 aromatic carbocycles. The van der Waals surface area contributed by atoms with Gasteiger partial charge < -0.3 is 5.32 Å². The molecule has 0 spiro atoms. The summed E-state index contributed by atoms with van der Waals surface area (Å²) >= 11 is 0. The standard InChI is InChI=1S/C8H10N4O/c1-9-8(13)12-11-6-7-4-2-3-5-10-7/h2-6H,1H3,(H2,9,12,13)/b11-6+. The highest BCUT2D eigenvalue weighted by Gasteiger charge is 1.89. The van der Waals surface area contributed by atoms with E-state index in [2.05, 4.69) is 20.8 Å². The highest BCUT2D eigenvalue weighted by Crippen LogP contribution is 1.87. The van der Waals surface area contributed by atoms with Crippen LogP contribution in [-0.4, -0.2) is 24.3 Å². The van der Waals surface area contributed by atoms with Gasteiger partial charge in [-0.25, -0.2) is 10.2 Å². The third-order valence-corrected chi connectivity index (χ3v) is 1.28. The predicted molar refractivity (Wildman–Crippen MR) is 49.4 cm³/mol. The fourth-order valence-electron chi connectivity index (χ4n) is 0.665. The number of hydrogen-bond acceptors (Lipinski definition) is 3. The number of carbonyl (C=O) groups excluding carboxylic acids is 1. The van der Waals surface area contributed by atoms with Gasteiger partial charge in [0.2, 0.25) is 0 Å². The predicted octanol–water partition coefficient (Wildman–Crippen LogP) is 0.344. The van der Waals surface area contributed by atoms with E-state index in [4.69, 9.17) is 0 Å². The van der Waals surface area contributed by atoms with Crippen molar-refractivity contribution in [1.29, 1.82) is 0 Å². The first-order valence-electron chi connectivity index (χ1n) is 3.75. The van der Waals surface area contributed by atoms with Crippen LogP contribution in [0.5, 0.6) is 0 Å². The first-order chi connectivity index (χ1) is 6.33. The van der Waals surface area contributed by atoms with Gasteiger partial charge in [0.05, 0.1) is 11.9 Å². The van der Waals surface area contributed by atoms with Crippen molar-refractivity contribution in [2.75, 3.05) is 7.05 Å². The van der Waals surface area contributed by atoms with E-state index in [1.165, 1.54) is 13.3 Å². The molecule has 0 aliphatic rings. The Morgan fingerprint density at radius 3 is 3.08 bits per heavy atom. The fraction of sp³-hybridized carbons (Fsp3) is 0.125. The van der Waals surface area contributed by atoms with E-state index < -0.39 is 0 Å². The summed E-state index contributed by atoms with van der Waals surface area (Å²) < 4.78 is 0. The number of pyridine rings is 1. The van der Waals surface area contributed by atoms with Crippen molar-refractivity contribution in [1.82, 2.24) is 15.7 Å². The van der Waals surface area contributed by atoms with E-state index in [1.807, 2.05) is 12.1 Å². The highest BCUT2D eigenvalue weighted by molar-refractivity contribution is 5.79. The molecule has 1 aromatic heterocycles. The van der Waals surface area contributed by atoms with E-state index >= 15 is 0 Å². The lowest BCUT2D eigenvalue weighted by atomic mass is 10.4. The van der Waals surface area contributed by atoms with Crippen LogP contribution in [0.15, 0.2) is 29.5 Å². The average molecular weight is 178 g/mol. The van der Waals surface area contributed by atoms with Gasteiger partial charge in [0, 0.05) is 13.2 Å². The fourth-order valence-corrected chi connectivity index (χ4v) is 0.665. The van der Waals surface area contributed by atoms with E-state index in [9.17, 15) is 4.79 Å². The van der Waals surface area contributed by atoms with E-state index in [0.29, 0.717) is 5.69 Å². The summed E-state index contributed by atoms with van der Waals surface area (Å²) in [5, 5.41) is 6.03. The van der Waals surface area contributed by atoms with Gasteiger partial charge >= 0.3 is 6.03 Å². The van der Waals surface area contributed by atoms with Gasteiger partial charge in [0.25, 0.3) is 0 Å². The van der Waals surface area contributed by atoms with Gasteiger partial charge in [-0.3, -0.25) is 4.98 Å². The van der Waals surface area contributed by atoms with Gasteiger partial charge in [0.15, 0.2) is 0 Å². The third-order valence-electron chi connectivity index (χ3n) is 1.28. The molecule has 0 unspecified atom stereocenters. The summed E-state index contributed by atoms with van der Waals surface area (Å²) in [5.74, 6) is 0. The van der Waals surface area contributed by atoms with Crippen molar-refractivity contribution < 1.29 is 4.79 Å². The molecule has 0 saturated carbocycles. The number of hydrogen-bond donors (Lipinski definition) is 2. The molecule has 1 rings (SSSR count). The molecule has 13 heavy (non-hydrogen) atoms. The smallest absolute Gasteiger partial charge is 0.334 e. The van der Waals surface area contributed by atoms with Crippen LogP contribution in [0.2, 0.25) is 0 Å². The Kier molecular flexibility index (Phi) is 3.44. The van der Waals surface area contributed by atoms with Gasteiger partial charge in [-0.1, -0.05) is 6.07 Å². The number of nitrogens with zero attached hydrogens (tertiary/aromatic N) is 2. The molecule has 1 heterocycles. The number of hydrazone groups is 1. The molecule has 0 bridgehead atoms. The Bertz CT molecular complexity index is 296. The summed E-state index contributed by atoms with van der Waals surface area (Å²) in [6.07, 6.45) is 3.12. The minimum atomic E-state index is -0.354. The van der Waals surface area contributed by atoms with Crippen molar-refractivity contribution in [2.45, 2.75) is 0 Å². The maximum atomic E-state index is 10.6. The Hall–Kier alpha value is -1.91. The molecule has 5 nitrogen and oxygen atoms in total. The van der Waals surface area contributed by atoms with Gasteiger partial charge in [-0.15, -0.1) is 0 Å². The third kappa shape index (κ3) is 3.33. The number of urea groups is 1. The Balaban J connectivity index is 2.45. The van der Waals surface area contributed by atoms with E-state index in [0.717, 1.165) is 0 Å². The summed E-state index contributed by atoms with van der Waals surface area (Å²) in [6.45, 7) is 0. The lowest BCUT2D eigenvalue weighted by molar-refractivity contribution is 0.243. The molecule has 0 aliphatic heterocycles. The molecule has 0 atom stereocenters. The first kappa shape index (κ1) is 9.18. The van der Waals surface area contributed by atoms with Crippen LogP contribution < -0.4 is 10.7 Å². The van der Waals surface area contributed by atoms with Crippen molar-refractivity contribution in [3.05, 3.63) is 30.1 Å². The zero-order valence-corrected chi connectivity index (χ0v) is 7.19. The van der Waals surface area contributed by atoms with Crippen molar-refractivity contribution in [3.63, 3.8) is 0 Å². The van der Waals surface area contributed by atoms with E-state index in [-0.39, 0.29) is 6.03 Å². The highest BCUT2D eigenvalue weighted by atomic mass is 16.2. The largest absolute Gasteiger partial charge is 0.340 e. The number of aromatic nitrogens is 1. The van der Waals surface area contributed by atoms with E-state index in [1.54, 1.807) is 12.3 Å². The van der Waals surface area contributed by atoms with Crippen LogP contribution in [-0.2, 0) is 0 Å². The normalized spacial score (nSPS) is 9.92. The summed E-state index contributed by atoms with van der Waals surface area (Å²) in [6, 6.07) is 5.08. The SMILES string of the molecule is CNC(=O)N/N=C/c1ccccn1. The second-order valence-electron chi connectivity index (χ2n) is 2.20. The van der Waals surface area contributed by atoms with Crippen LogP contribution in [0.25, 0.3) is 0 Å². The molecule has 0 radical (unpaired) electrons. The monoisotopic (exact) mass is 178 g/mol. The molecular formula is C8H10N4O. The number of nitrogens with one attached hydrogen (secondary N) is 2. The minimum absolute atomic E-state index is 0.354. The lowest BCUT2D eigenvalue weighted by Gasteiger charge is -1.95. The molecule has 2 amide bonds. The second-order valence-corrected chi connectivity index (χ2v) is 2.20. The average Bonchev–Trinajstić information content (AvgIpc) is 2.19. The van der Waals surface area contributed by atoms with Crippen LogP contribution >= 0.6 is 0 Å². The van der Waals surface area contributed by atoms with Crippen molar-refractivity contribution in [2.24, 2.45) is 5.10 Å². The minimum Gasteiger partial charge on any atom is -0.340 e. The van der Waals surface area contributed by atoms with Gasteiger partial charge in [0.1, 0.15) is 0 Å². The zero-order chi connectivity index (χ0) is 9.52. The Morgan fingerprint density at radius 2 is 2.46 bits per heavy atom. The maximum absolute atomic E-state index is 10.6. The Labute approximate surface area is 75.9 Å². The van der Waals surface area contributed by atoms with Crippen molar-refractivity contribution in [3.8, 4) is 0 Å². The summed E-state index contributed by atoms with van der Waals surface area (Å²) in [5.41, 5.74) is 2.95. The lowest BCUT2D eigenvalue weighted by Crippen LogP contribution is -2.28. The molecule has 0 fully saturated rings. The van der Waals surface area contributed by atoms with Gasteiger partial charge in [-0.2, -0.15) is 5.10 Å². The van der Waals surface area contributed by atoms with Crippen molar-refractivity contribution >= 4 is 12.2 Å². The number of rotatable bonds is 2. The quantitative estimate of drug-likeness (QED) is 0.506. The zero-order valence-electron chi connectivity index (χ0n) is 7.19. The van der Waals surface area contributed by atoms with Crippen LogP contribution in [0.3, 0.4) is 0 Å². The molecule has 0 aliphatic carbocycles. The maximum Gasteiger partial charge on any atom is 0.334 e. The molecule has 0 saturated heterocycles. The van der Waals surface area contributed by atoms with Gasteiger partial charge in [-0.05, 0) is 12.1 Å². The molecule has 68 valence electrons.